The van der Waals surface area contributed by atoms with Gasteiger partial charge in [0.25, 0.3) is 0 Å². The van der Waals surface area contributed by atoms with E-state index in [0.717, 1.165) is 42.0 Å². The van der Waals surface area contributed by atoms with Crippen LogP contribution in [0, 0.1) is 19.3 Å². The van der Waals surface area contributed by atoms with E-state index >= 15 is 0 Å². The fraction of sp³-hybridized carbons (Fsp3) is 0.348. The summed E-state index contributed by atoms with van der Waals surface area (Å²) in [7, 11) is 0. The predicted molar refractivity (Wildman–Crippen MR) is 116 cm³/mol. The van der Waals surface area contributed by atoms with Crippen molar-refractivity contribution in [2.45, 2.75) is 39.8 Å². The van der Waals surface area contributed by atoms with Gasteiger partial charge >= 0.3 is 0 Å². The summed E-state index contributed by atoms with van der Waals surface area (Å²) >= 11 is 0. The molecule has 2 aromatic heterocycles. The van der Waals surface area contributed by atoms with Crippen LogP contribution in [0.4, 0.5) is 11.6 Å². The molecular formula is C23H26N6. The van der Waals surface area contributed by atoms with Crippen LogP contribution in [0.2, 0.25) is 0 Å². The molecule has 0 saturated carbocycles. The van der Waals surface area contributed by atoms with Crippen molar-refractivity contribution in [3.63, 3.8) is 0 Å². The van der Waals surface area contributed by atoms with Gasteiger partial charge in [-0.05, 0) is 56.0 Å². The molecule has 0 bridgehead atoms. The van der Waals surface area contributed by atoms with Gasteiger partial charge < -0.3 is 5.32 Å². The molecule has 3 heterocycles. The summed E-state index contributed by atoms with van der Waals surface area (Å²) in [6, 6.07) is 6.76. The number of fused-ring (bicyclic) bond motifs is 1. The smallest absolute Gasteiger partial charge is 0.227 e. The number of hydrogen-bond acceptors (Lipinski definition) is 5. The molecule has 148 valence electrons. The minimum Gasteiger partial charge on any atom is -0.324 e. The molecule has 0 aliphatic carbocycles. The highest BCUT2D eigenvalue weighted by atomic mass is 15.3. The van der Waals surface area contributed by atoms with Gasteiger partial charge in [-0.25, -0.2) is 9.97 Å². The molecule has 0 atom stereocenters. The van der Waals surface area contributed by atoms with Crippen molar-refractivity contribution in [1.82, 2.24) is 24.6 Å². The molecule has 1 N–H and O–H groups in total. The van der Waals surface area contributed by atoms with Crippen LogP contribution >= 0.6 is 0 Å². The molecular weight excluding hydrogens is 360 g/mol. The van der Waals surface area contributed by atoms with Gasteiger partial charge in [0.15, 0.2) is 0 Å². The van der Waals surface area contributed by atoms with Gasteiger partial charge in [-0.1, -0.05) is 12.0 Å². The van der Waals surface area contributed by atoms with Crippen LogP contribution in [0.1, 0.15) is 36.6 Å². The molecule has 0 fully saturated rings. The molecule has 0 amide bonds. The van der Waals surface area contributed by atoms with E-state index in [4.69, 9.17) is 11.4 Å². The van der Waals surface area contributed by atoms with Crippen molar-refractivity contribution in [2.24, 2.45) is 0 Å². The summed E-state index contributed by atoms with van der Waals surface area (Å²) in [5, 5.41) is 7.80. The van der Waals surface area contributed by atoms with Gasteiger partial charge in [0.05, 0.1) is 18.4 Å². The lowest BCUT2D eigenvalue weighted by atomic mass is 9.99. The number of nitrogens with zero attached hydrogens (tertiary/aromatic N) is 5. The molecule has 0 radical (unpaired) electrons. The van der Waals surface area contributed by atoms with E-state index in [2.05, 4.69) is 58.3 Å². The van der Waals surface area contributed by atoms with E-state index in [1.54, 1.807) is 0 Å². The summed E-state index contributed by atoms with van der Waals surface area (Å²) in [5.74, 6) is 3.32. The number of aromatic nitrogens is 4. The van der Waals surface area contributed by atoms with Gasteiger partial charge in [-0.3, -0.25) is 9.58 Å². The van der Waals surface area contributed by atoms with E-state index < -0.39 is 0 Å². The number of hydrogen-bond donors (Lipinski definition) is 1. The molecule has 6 heteroatoms. The second-order valence-electron chi connectivity index (χ2n) is 7.80. The lowest BCUT2D eigenvalue weighted by molar-refractivity contribution is 0.286. The quantitative estimate of drug-likeness (QED) is 0.673. The molecule has 29 heavy (non-hydrogen) atoms. The van der Waals surface area contributed by atoms with Crippen molar-refractivity contribution in [2.75, 3.05) is 18.4 Å². The molecule has 0 spiro atoms. The van der Waals surface area contributed by atoms with Crippen LogP contribution in [-0.4, -0.2) is 37.7 Å². The Kier molecular flexibility index (Phi) is 5.32. The molecule has 3 aromatic rings. The Morgan fingerprint density at radius 2 is 2.10 bits per heavy atom. The SMILES string of the molecule is C#CCN1CCc2cc(Nc3ncc(C)c(-c4cnn(C(C)C)c4)n3)ccc2C1. The zero-order chi connectivity index (χ0) is 20.4. The Bertz CT molecular complexity index is 1060. The fourth-order valence-corrected chi connectivity index (χ4v) is 3.62. The van der Waals surface area contributed by atoms with Crippen molar-refractivity contribution in [3.05, 3.63) is 53.5 Å². The minimum absolute atomic E-state index is 0.315. The van der Waals surface area contributed by atoms with Gasteiger partial charge in [0.1, 0.15) is 0 Å². The largest absolute Gasteiger partial charge is 0.324 e. The summed E-state index contributed by atoms with van der Waals surface area (Å²) < 4.78 is 1.94. The minimum atomic E-state index is 0.315. The first kappa shape index (κ1) is 19.2. The van der Waals surface area contributed by atoms with Crippen molar-refractivity contribution in [1.29, 1.82) is 0 Å². The highest BCUT2D eigenvalue weighted by molar-refractivity contribution is 5.64. The normalized spacial score (nSPS) is 13.9. The maximum atomic E-state index is 5.45. The average molecular weight is 387 g/mol. The topological polar surface area (TPSA) is 58.9 Å². The van der Waals surface area contributed by atoms with E-state index in [-0.39, 0.29) is 0 Å². The Labute approximate surface area is 172 Å². The Balaban J connectivity index is 1.55. The third kappa shape index (κ3) is 4.15. The standard InChI is InChI=1S/C23H26N6/c1-5-9-28-10-8-18-11-21(7-6-19(18)14-28)26-23-24-12-17(4)22(27-23)20-13-25-29(15-20)16(2)3/h1,6-7,11-13,15-16H,8-10,14H2,2-4H3,(H,24,26,27). The van der Waals surface area contributed by atoms with Crippen molar-refractivity contribution >= 4 is 11.6 Å². The number of benzene rings is 1. The van der Waals surface area contributed by atoms with Crippen LogP contribution in [0.15, 0.2) is 36.8 Å². The average Bonchev–Trinajstić information content (AvgIpc) is 3.20. The van der Waals surface area contributed by atoms with Crippen LogP contribution in [0.3, 0.4) is 0 Å². The first-order valence-corrected chi connectivity index (χ1v) is 9.96. The second-order valence-corrected chi connectivity index (χ2v) is 7.80. The fourth-order valence-electron chi connectivity index (χ4n) is 3.62. The summed E-state index contributed by atoms with van der Waals surface area (Å²) in [4.78, 5) is 11.5. The van der Waals surface area contributed by atoms with Gasteiger partial charge in [0, 0.05) is 42.8 Å². The zero-order valence-electron chi connectivity index (χ0n) is 17.2. The number of aryl methyl sites for hydroxylation is 1. The van der Waals surface area contributed by atoms with Crippen molar-refractivity contribution < 1.29 is 0 Å². The van der Waals surface area contributed by atoms with Crippen molar-refractivity contribution in [3.8, 4) is 23.6 Å². The Hall–Kier alpha value is -3.17. The maximum absolute atomic E-state index is 5.45. The third-order valence-electron chi connectivity index (χ3n) is 5.24. The van der Waals surface area contributed by atoms with Crippen LogP contribution in [0.25, 0.3) is 11.3 Å². The van der Waals surface area contributed by atoms with Gasteiger partial charge in [-0.2, -0.15) is 5.10 Å². The number of terminal acetylenes is 1. The van der Waals surface area contributed by atoms with Gasteiger partial charge in [0.2, 0.25) is 5.95 Å². The number of anilines is 2. The second kappa shape index (κ2) is 8.06. The summed E-state index contributed by atoms with van der Waals surface area (Å²) in [6.45, 7) is 8.84. The van der Waals surface area contributed by atoms with Crippen LogP contribution in [0.5, 0.6) is 0 Å². The molecule has 0 unspecified atom stereocenters. The number of nitrogens with one attached hydrogen (secondary N) is 1. The van der Waals surface area contributed by atoms with Crippen LogP contribution < -0.4 is 5.32 Å². The molecule has 1 aliphatic rings. The first-order valence-electron chi connectivity index (χ1n) is 9.96. The zero-order valence-corrected chi connectivity index (χ0v) is 17.2. The van der Waals surface area contributed by atoms with E-state index in [9.17, 15) is 0 Å². The van der Waals surface area contributed by atoms with E-state index in [0.29, 0.717) is 18.5 Å². The number of rotatable bonds is 5. The molecule has 6 nitrogen and oxygen atoms in total. The lowest BCUT2D eigenvalue weighted by Gasteiger charge is -2.27. The maximum Gasteiger partial charge on any atom is 0.227 e. The predicted octanol–water partition coefficient (Wildman–Crippen LogP) is 3.96. The van der Waals surface area contributed by atoms with Gasteiger partial charge in [-0.15, -0.1) is 6.42 Å². The van der Waals surface area contributed by atoms with Crippen LogP contribution in [-0.2, 0) is 13.0 Å². The van der Waals surface area contributed by atoms with E-state index in [1.165, 1.54) is 11.1 Å². The molecule has 4 rings (SSSR count). The molecule has 1 aromatic carbocycles. The highest BCUT2D eigenvalue weighted by Crippen LogP contribution is 2.26. The lowest BCUT2D eigenvalue weighted by Crippen LogP contribution is -2.30. The van der Waals surface area contributed by atoms with E-state index in [1.807, 2.05) is 30.2 Å². The third-order valence-corrected chi connectivity index (χ3v) is 5.24. The summed E-state index contributed by atoms with van der Waals surface area (Å²) in [5.41, 5.74) is 6.62. The molecule has 1 aliphatic heterocycles. The Morgan fingerprint density at radius 1 is 1.24 bits per heavy atom. The highest BCUT2D eigenvalue weighted by Gasteiger charge is 2.16. The first-order chi connectivity index (χ1) is 14.0. The monoisotopic (exact) mass is 386 g/mol. The molecule has 0 saturated heterocycles. The summed E-state index contributed by atoms with van der Waals surface area (Å²) in [6.07, 6.45) is 12.2. The Morgan fingerprint density at radius 3 is 2.86 bits per heavy atom.